The van der Waals surface area contributed by atoms with E-state index >= 15 is 0 Å². The molecule has 0 amide bonds. The van der Waals surface area contributed by atoms with Crippen LogP contribution in [0.4, 0.5) is 0 Å². The Hall–Kier alpha value is -2.40. The topological polar surface area (TPSA) is 72.8 Å². The van der Waals surface area contributed by atoms with Crippen LogP contribution in [0.3, 0.4) is 0 Å². The second-order valence-electron chi connectivity index (χ2n) is 18.6. The molecular formula is C59H106O5. The molecule has 0 saturated heterocycles. The molecule has 372 valence electrons. The first-order valence-corrected chi connectivity index (χ1v) is 27.8. The average Bonchev–Trinajstić information content (AvgIpc) is 3.30. The van der Waals surface area contributed by atoms with E-state index < -0.39 is 6.10 Å². The van der Waals surface area contributed by atoms with E-state index in [0.717, 1.165) is 64.2 Å². The molecule has 0 bridgehead atoms. The lowest BCUT2D eigenvalue weighted by Crippen LogP contribution is -2.28. The van der Waals surface area contributed by atoms with Crippen molar-refractivity contribution in [2.24, 2.45) is 0 Å². The first kappa shape index (κ1) is 61.6. The molecule has 0 spiro atoms. The first-order chi connectivity index (χ1) is 31.6. The van der Waals surface area contributed by atoms with Crippen LogP contribution in [0, 0.1) is 0 Å². The molecular weight excluding hydrogens is 789 g/mol. The lowest BCUT2D eigenvalue weighted by atomic mass is 10.0. The Labute approximate surface area is 398 Å². The summed E-state index contributed by atoms with van der Waals surface area (Å²) in [6.07, 6.45) is 73.3. The standard InChI is InChI=1S/C59H106O5/c1-3-5-7-9-11-13-15-17-19-21-23-25-27-28-29-30-32-34-36-38-40-42-44-46-48-50-52-54-59(62)64-57(55-60)56-63-58(61)53-51-49-47-45-43-41-39-37-35-33-31-26-24-22-20-18-16-14-12-10-8-6-4-2/h5,7,11,13,17,19,22-25,57,60H,3-4,6,8-10,12,14-16,18,20-21,26-56H2,1-2H3/b7-5-,13-11-,19-17-,24-22-,25-23-. The van der Waals surface area contributed by atoms with Crippen LogP contribution in [-0.4, -0.2) is 36.4 Å². The van der Waals surface area contributed by atoms with Gasteiger partial charge in [0.25, 0.3) is 0 Å². The van der Waals surface area contributed by atoms with Gasteiger partial charge in [-0.3, -0.25) is 9.59 Å². The fourth-order valence-electron chi connectivity index (χ4n) is 8.13. The van der Waals surface area contributed by atoms with Crippen molar-refractivity contribution < 1.29 is 24.2 Å². The third kappa shape index (κ3) is 52.2. The Morgan fingerprint density at radius 3 is 1.03 bits per heavy atom. The van der Waals surface area contributed by atoms with Gasteiger partial charge in [0.2, 0.25) is 0 Å². The maximum absolute atomic E-state index is 12.3. The highest BCUT2D eigenvalue weighted by molar-refractivity contribution is 5.70. The molecule has 5 nitrogen and oxygen atoms in total. The maximum atomic E-state index is 12.3. The van der Waals surface area contributed by atoms with Gasteiger partial charge in [-0.15, -0.1) is 0 Å². The Morgan fingerprint density at radius 1 is 0.375 bits per heavy atom. The van der Waals surface area contributed by atoms with Gasteiger partial charge in [0.05, 0.1) is 6.61 Å². The van der Waals surface area contributed by atoms with Crippen LogP contribution in [0.5, 0.6) is 0 Å². The zero-order valence-corrected chi connectivity index (χ0v) is 42.5. The van der Waals surface area contributed by atoms with E-state index in [1.165, 1.54) is 193 Å². The number of esters is 2. The van der Waals surface area contributed by atoms with Crippen molar-refractivity contribution in [1.29, 1.82) is 0 Å². The molecule has 64 heavy (non-hydrogen) atoms. The number of hydrogen-bond acceptors (Lipinski definition) is 5. The molecule has 0 aromatic rings. The number of unbranched alkanes of at least 4 members (excludes halogenated alkanes) is 33. The van der Waals surface area contributed by atoms with Crippen molar-refractivity contribution in [2.75, 3.05) is 13.2 Å². The Balaban J connectivity index is 3.47. The monoisotopic (exact) mass is 895 g/mol. The SMILES string of the molecule is CC/C=C\C/C=C\C/C=C\C/C=C\CCCCCCCCCCCCCCCCC(=O)OC(CO)COC(=O)CCCCCCCCCCCCC/C=C\CCCCCCCCCC. The van der Waals surface area contributed by atoms with Gasteiger partial charge in [-0.1, -0.05) is 254 Å². The van der Waals surface area contributed by atoms with Gasteiger partial charge in [-0.05, 0) is 77.0 Å². The lowest BCUT2D eigenvalue weighted by Gasteiger charge is -2.15. The molecule has 0 aliphatic heterocycles. The third-order valence-electron chi connectivity index (χ3n) is 12.3. The van der Waals surface area contributed by atoms with Gasteiger partial charge in [-0.25, -0.2) is 0 Å². The third-order valence-corrected chi connectivity index (χ3v) is 12.3. The van der Waals surface area contributed by atoms with E-state index in [2.05, 4.69) is 74.6 Å². The fourth-order valence-corrected chi connectivity index (χ4v) is 8.13. The van der Waals surface area contributed by atoms with Crippen molar-refractivity contribution >= 4 is 11.9 Å². The van der Waals surface area contributed by atoms with E-state index in [9.17, 15) is 14.7 Å². The van der Waals surface area contributed by atoms with Crippen molar-refractivity contribution in [2.45, 2.75) is 290 Å². The molecule has 0 aromatic carbocycles. The van der Waals surface area contributed by atoms with Gasteiger partial charge in [0, 0.05) is 12.8 Å². The van der Waals surface area contributed by atoms with E-state index in [1.807, 2.05) is 0 Å². The van der Waals surface area contributed by atoms with Crippen LogP contribution in [-0.2, 0) is 19.1 Å². The largest absolute Gasteiger partial charge is 0.462 e. The molecule has 1 unspecified atom stereocenters. The van der Waals surface area contributed by atoms with Crippen LogP contribution in [0.25, 0.3) is 0 Å². The van der Waals surface area contributed by atoms with Crippen LogP contribution in [0.1, 0.15) is 284 Å². The molecule has 0 heterocycles. The second-order valence-corrected chi connectivity index (χ2v) is 18.6. The van der Waals surface area contributed by atoms with E-state index in [4.69, 9.17) is 9.47 Å². The Morgan fingerprint density at radius 2 is 0.672 bits per heavy atom. The van der Waals surface area contributed by atoms with E-state index in [1.54, 1.807) is 0 Å². The van der Waals surface area contributed by atoms with Gasteiger partial charge in [0.1, 0.15) is 6.61 Å². The summed E-state index contributed by atoms with van der Waals surface area (Å²) in [7, 11) is 0. The predicted molar refractivity (Wildman–Crippen MR) is 279 cm³/mol. The predicted octanol–water partition coefficient (Wildman–Crippen LogP) is 18.6. The van der Waals surface area contributed by atoms with Crippen molar-refractivity contribution in [3.63, 3.8) is 0 Å². The molecule has 0 aromatic heterocycles. The maximum Gasteiger partial charge on any atom is 0.306 e. The summed E-state index contributed by atoms with van der Waals surface area (Å²) in [4.78, 5) is 24.5. The van der Waals surface area contributed by atoms with Crippen molar-refractivity contribution in [1.82, 2.24) is 0 Å². The first-order valence-electron chi connectivity index (χ1n) is 27.8. The molecule has 1 atom stereocenters. The quantitative estimate of drug-likeness (QED) is 0.0374. The van der Waals surface area contributed by atoms with E-state index in [0.29, 0.717) is 12.8 Å². The summed E-state index contributed by atoms with van der Waals surface area (Å²) >= 11 is 0. The number of carbonyl (C=O) groups is 2. The molecule has 0 aliphatic carbocycles. The number of rotatable bonds is 51. The summed E-state index contributed by atoms with van der Waals surface area (Å²) in [5.41, 5.74) is 0. The van der Waals surface area contributed by atoms with Crippen molar-refractivity contribution in [3.05, 3.63) is 60.8 Å². The number of allylic oxidation sites excluding steroid dienone is 10. The number of ether oxygens (including phenoxy) is 2. The molecule has 0 fully saturated rings. The summed E-state index contributed by atoms with van der Waals surface area (Å²) in [5.74, 6) is -0.582. The van der Waals surface area contributed by atoms with Crippen LogP contribution in [0.15, 0.2) is 60.8 Å². The molecule has 0 radical (unpaired) electrons. The second kappa shape index (κ2) is 54.9. The number of hydrogen-bond donors (Lipinski definition) is 1. The zero-order chi connectivity index (χ0) is 46.3. The van der Waals surface area contributed by atoms with Crippen LogP contribution in [0.2, 0.25) is 0 Å². The van der Waals surface area contributed by atoms with Gasteiger partial charge in [0.15, 0.2) is 6.10 Å². The average molecular weight is 895 g/mol. The Bertz CT molecular complexity index is 1100. The van der Waals surface area contributed by atoms with E-state index in [-0.39, 0.29) is 25.2 Å². The Kier molecular flexibility index (Phi) is 52.9. The van der Waals surface area contributed by atoms with Crippen molar-refractivity contribution in [3.8, 4) is 0 Å². The molecule has 0 rings (SSSR count). The minimum Gasteiger partial charge on any atom is -0.462 e. The molecule has 5 heteroatoms. The highest BCUT2D eigenvalue weighted by atomic mass is 16.6. The molecule has 0 aliphatic rings. The number of aliphatic hydroxyl groups excluding tert-OH is 1. The minimum absolute atomic E-state index is 0.0651. The fraction of sp³-hybridized carbons (Fsp3) is 0.797. The van der Waals surface area contributed by atoms with Gasteiger partial charge >= 0.3 is 11.9 Å². The van der Waals surface area contributed by atoms with Crippen LogP contribution < -0.4 is 0 Å². The van der Waals surface area contributed by atoms with Gasteiger partial charge in [-0.2, -0.15) is 0 Å². The highest BCUT2D eigenvalue weighted by Gasteiger charge is 2.16. The summed E-state index contributed by atoms with van der Waals surface area (Å²) < 4.78 is 10.7. The number of carbonyl (C=O) groups excluding carboxylic acids is 2. The minimum atomic E-state index is -0.774. The number of aliphatic hydroxyl groups is 1. The lowest BCUT2D eigenvalue weighted by molar-refractivity contribution is -0.161. The summed E-state index contributed by atoms with van der Waals surface area (Å²) in [5, 5.41) is 9.65. The summed E-state index contributed by atoms with van der Waals surface area (Å²) in [6.45, 7) is 4.06. The van der Waals surface area contributed by atoms with Crippen LogP contribution >= 0.6 is 0 Å². The normalized spacial score (nSPS) is 12.6. The highest BCUT2D eigenvalue weighted by Crippen LogP contribution is 2.16. The molecule has 1 N–H and O–H groups in total. The zero-order valence-electron chi connectivity index (χ0n) is 42.5. The molecule has 0 saturated carbocycles. The smallest absolute Gasteiger partial charge is 0.306 e. The van der Waals surface area contributed by atoms with Gasteiger partial charge < -0.3 is 14.6 Å². The summed E-state index contributed by atoms with van der Waals surface area (Å²) in [6, 6.07) is 0.